The number of carbonyl (C=O) groups excluding carboxylic acids is 1. The number of aliphatic hydroxyl groups is 5. The number of ether oxygens (including phenoxy) is 8. The second-order valence-corrected chi connectivity index (χ2v) is 10.2. The highest BCUT2D eigenvalue weighted by Gasteiger charge is 2.51. The Hall–Kier alpha value is -3.87. The molecule has 7 N–H and O–H groups in total. The molecule has 248 valence electrons. The number of hydrogen-bond acceptors (Lipinski definition) is 16. The number of carbonyl (C=O) groups is 1. The van der Waals surface area contributed by atoms with Gasteiger partial charge in [0.05, 0.1) is 34.5 Å². The molecular formula is C29H36O16. The smallest absolute Gasteiger partial charge is 0.330 e. The van der Waals surface area contributed by atoms with Crippen molar-refractivity contribution in [2.24, 2.45) is 0 Å². The molecular weight excluding hydrogens is 604 g/mol. The van der Waals surface area contributed by atoms with Gasteiger partial charge in [-0.25, -0.2) is 4.79 Å². The molecule has 8 atom stereocenters. The number of phenols is 2. The molecule has 16 heteroatoms. The predicted molar refractivity (Wildman–Crippen MR) is 150 cm³/mol. The Morgan fingerprint density at radius 3 is 2.24 bits per heavy atom. The van der Waals surface area contributed by atoms with E-state index in [9.17, 15) is 40.5 Å². The van der Waals surface area contributed by atoms with Crippen molar-refractivity contribution in [3.63, 3.8) is 0 Å². The number of hydrogen-bond donors (Lipinski definition) is 7. The predicted octanol–water partition coefficient (Wildman–Crippen LogP) is -0.969. The topological polar surface area (TPSA) is 233 Å². The Morgan fingerprint density at radius 2 is 1.62 bits per heavy atom. The van der Waals surface area contributed by atoms with Crippen LogP contribution in [0.5, 0.6) is 34.5 Å². The van der Waals surface area contributed by atoms with Gasteiger partial charge in [-0.1, -0.05) is 6.07 Å². The Labute approximate surface area is 257 Å². The number of aliphatic hydroxyl groups excluding tert-OH is 4. The molecule has 16 nitrogen and oxygen atoms in total. The van der Waals surface area contributed by atoms with Crippen molar-refractivity contribution >= 4 is 12.0 Å². The van der Waals surface area contributed by atoms with Gasteiger partial charge in [0.15, 0.2) is 34.9 Å². The van der Waals surface area contributed by atoms with Crippen LogP contribution in [-0.4, -0.2) is 132 Å². The van der Waals surface area contributed by atoms with Gasteiger partial charge in [0.25, 0.3) is 0 Å². The maximum Gasteiger partial charge on any atom is 0.330 e. The van der Waals surface area contributed by atoms with Crippen LogP contribution in [0.3, 0.4) is 0 Å². The van der Waals surface area contributed by atoms with Gasteiger partial charge >= 0.3 is 5.97 Å². The van der Waals surface area contributed by atoms with Gasteiger partial charge in [-0.3, -0.25) is 0 Å². The van der Waals surface area contributed by atoms with Crippen LogP contribution in [0.15, 0.2) is 36.4 Å². The molecule has 2 aromatic rings. The van der Waals surface area contributed by atoms with Crippen molar-refractivity contribution in [2.75, 3.05) is 41.2 Å². The van der Waals surface area contributed by atoms with Crippen LogP contribution in [-0.2, 0) is 23.7 Å². The summed E-state index contributed by atoms with van der Waals surface area (Å²) in [5.74, 6) is -0.690. The molecule has 0 aromatic heterocycles. The van der Waals surface area contributed by atoms with Crippen molar-refractivity contribution in [3.05, 3.63) is 42.0 Å². The fourth-order valence-electron chi connectivity index (χ4n) is 4.58. The zero-order valence-corrected chi connectivity index (χ0v) is 24.5. The number of aromatic hydroxyl groups is 2. The summed E-state index contributed by atoms with van der Waals surface area (Å²) in [6.45, 7) is -1.64. The van der Waals surface area contributed by atoms with Crippen molar-refractivity contribution in [1.82, 2.24) is 0 Å². The van der Waals surface area contributed by atoms with E-state index < -0.39 is 74.5 Å². The molecule has 0 aliphatic carbocycles. The van der Waals surface area contributed by atoms with E-state index in [1.54, 1.807) is 0 Å². The quantitative estimate of drug-likeness (QED) is 0.0840. The van der Waals surface area contributed by atoms with E-state index in [-0.39, 0.29) is 34.5 Å². The molecule has 0 bridgehead atoms. The summed E-state index contributed by atoms with van der Waals surface area (Å²) in [4.78, 5) is 12.1. The largest absolute Gasteiger partial charge is 0.504 e. The minimum Gasteiger partial charge on any atom is -0.504 e. The van der Waals surface area contributed by atoms with Gasteiger partial charge in [-0.2, -0.15) is 0 Å². The first-order valence-electron chi connectivity index (χ1n) is 13.6. The molecule has 0 saturated carbocycles. The average molecular weight is 641 g/mol. The molecule has 45 heavy (non-hydrogen) atoms. The molecule has 2 aromatic carbocycles. The van der Waals surface area contributed by atoms with Crippen molar-refractivity contribution in [1.29, 1.82) is 0 Å². The summed E-state index contributed by atoms with van der Waals surface area (Å²) in [6.07, 6.45) is -8.65. The lowest BCUT2D eigenvalue weighted by Gasteiger charge is -2.40. The molecule has 8 unspecified atom stereocenters. The minimum absolute atomic E-state index is 0.113. The van der Waals surface area contributed by atoms with Gasteiger partial charge in [-0.15, -0.1) is 0 Å². The van der Waals surface area contributed by atoms with Gasteiger partial charge in [-0.05, 0) is 23.8 Å². The maximum absolute atomic E-state index is 12.1. The number of benzene rings is 2. The van der Waals surface area contributed by atoms with Crippen LogP contribution < -0.4 is 18.9 Å². The van der Waals surface area contributed by atoms with Crippen LogP contribution in [0.25, 0.3) is 6.08 Å². The number of methoxy groups -OCH3 is 3. The Morgan fingerprint density at radius 1 is 0.933 bits per heavy atom. The Kier molecular flexibility index (Phi) is 10.9. The van der Waals surface area contributed by atoms with Gasteiger partial charge in [0.1, 0.15) is 42.9 Å². The Balaban J connectivity index is 1.33. The maximum atomic E-state index is 12.1. The minimum atomic E-state index is -2.05. The van der Waals surface area contributed by atoms with E-state index in [0.29, 0.717) is 5.56 Å². The van der Waals surface area contributed by atoms with E-state index in [1.807, 2.05) is 0 Å². The Bertz CT molecular complexity index is 1320. The summed E-state index contributed by atoms with van der Waals surface area (Å²) >= 11 is 0. The summed E-state index contributed by atoms with van der Waals surface area (Å²) < 4.78 is 43.1. The lowest BCUT2D eigenvalue weighted by Crippen LogP contribution is -2.60. The third kappa shape index (κ3) is 7.69. The highest BCUT2D eigenvalue weighted by atomic mass is 16.7. The number of phenolic OH excluding ortho intramolecular Hbond substituents is 2. The van der Waals surface area contributed by atoms with Crippen LogP contribution in [0.4, 0.5) is 0 Å². The molecule has 0 spiro atoms. The first-order chi connectivity index (χ1) is 21.4. The zero-order valence-electron chi connectivity index (χ0n) is 24.5. The van der Waals surface area contributed by atoms with E-state index in [0.717, 1.165) is 6.08 Å². The lowest BCUT2D eigenvalue weighted by atomic mass is 9.99. The second kappa shape index (κ2) is 14.5. The van der Waals surface area contributed by atoms with E-state index in [2.05, 4.69) is 0 Å². The van der Waals surface area contributed by atoms with Gasteiger partial charge in [0.2, 0.25) is 12.0 Å². The first kappa shape index (κ1) is 34.0. The van der Waals surface area contributed by atoms with Crippen LogP contribution in [0, 0.1) is 0 Å². The molecule has 2 fully saturated rings. The molecule has 2 aliphatic heterocycles. The molecule has 2 aliphatic rings. The van der Waals surface area contributed by atoms with Crippen LogP contribution >= 0.6 is 0 Å². The highest BCUT2D eigenvalue weighted by molar-refractivity contribution is 5.87. The second-order valence-electron chi connectivity index (χ2n) is 10.2. The lowest BCUT2D eigenvalue weighted by molar-refractivity contribution is -0.289. The van der Waals surface area contributed by atoms with Crippen LogP contribution in [0.1, 0.15) is 5.56 Å². The zero-order chi connectivity index (χ0) is 32.9. The first-order valence-corrected chi connectivity index (χ1v) is 13.6. The van der Waals surface area contributed by atoms with Crippen LogP contribution in [0.2, 0.25) is 0 Å². The SMILES string of the molecule is COc1cc(OC2OC(COC3OCC(O)(COC(=O)C=Cc4ccc(O)c(O)c4)C3O)C(O)C(O)C2O)cc(OC)c1OC. The van der Waals surface area contributed by atoms with E-state index in [4.69, 9.17) is 37.9 Å². The standard InChI is InChI=1S/C29H36O16/c1-38-18-9-15(10-19(39-2)25(18)40-3)44-27-24(35)23(34)22(33)20(45-27)11-41-28-26(36)29(37,13-43-28)12-42-21(32)7-5-14-4-6-16(30)17(31)8-14/h4-10,20,22-24,26-28,30-31,33-37H,11-13H2,1-3H3. The van der Waals surface area contributed by atoms with E-state index >= 15 is 0 Å². The summed E-state index contributed by atoms with van der Waals surface area (Å²) in [5.41, 5.74) is -1.66. The van der Waals surface area contributed by atoms with Gasteiger partial charge < -0.3 is 73.6 Å². The molecule has 2 saturated heterocycles. The normalized spacial score (nSPS) is 29.8. The van der Waals surface area contributed by atoms with Crippen molar-refractivity contribution < 1.29 is 78.4 Å². The molecule has 0 radical (unpaired) electrons. The summed E-state index contributed by atoms with van der Waals surface area (Å²) in [6, 6.07) is 6.77. The molecule has 2 heterocycles. The number of esters is 1. The highest BCUT2D eigenvalue weighted by Crippen LogP contribution is 2.41. The summed E-state index contributed by atoms with van der Waals surface area (Å²) in [5, 5.41) is 71.8. The van der Waals surface area contributed by atoms with Crippen molar-refractivity contribution in [3.8, 4) is 34.5 Å². The van der Waals surface area contributed by atoms with E-state index in [1.165, 1.54) is 57.7 Å². The summed E-state index contributed by atoms with van der Waals surface area (Å²) in [7, 11) is 4.21. The van der Waals surface area contributed by atoms with Gasteiger partial charge in [0, 0.05) is 18.2 Å². The van der Waals surface area contributed by atoms with Crippen molar-refractivity contribution in [2.45, 2.75) is 48.7 Å². The third-order valence-corrected chi connectivity index (χ3v) is 7.17. The molecule has 4 rings (SSSR count). The third-order valence-electron chi connectivity index (χ3n) is 7.17. The monoisotopic (exact) mass is 640 g/mol. The molecule has 0 amide bonds. The fourth-order valence-corrected chi connectivity index (χ4v) is 4.58. The fraction of sp³-hybridized carbons (Fsp3) is 0.483. The number of rotatable bonds is 12. The average Bonchev–Trinajstić information content (AvgIpc) is 3.32.